The highest BCUT2D eigenvalue weighted by Crippen LogP contribution is 2.24. The first-order valence-corrected chi connectivity index (χ1v) is 8.85. The number of hydrogen-bond donors (Lipinski definition) is 2. The number of aryl methyl sites for hydroxylation is 1. The summed E-state index contributed by atoms with van der Waals surface area (Å²) in [6.45, 7) is 3.56. The fourth-order valence-electron chi connectivity index (χ4n) is 3.46. The summed E-state index contributed by atoms with van der Waals surface area (Å²) in [7, 11) is 0. The number of pyridine rings is 1. The van der Waals surface area contributed by atoms with E-state index in [0.29, 0.717) is 0 Å². The number of hydrogen-bond acceptors (Lipinski definition) is 7. The Balaban J connectivity index is 1.56. The molecule has 0 amide bonds. The maximum atomic E-state index is 11.3. The molecule has 1 aliphatic heterocycles. The van der Waals surface area contributed by atoms with Gasteiger partial charge in [-0.3, -0.25) is 9.78 Å². The van der Waals surface area contributed by atoms with Crippen LogP contribution in [0.15, 0.2) is 35.4 Å². The molecular formula is C18H21N7O. The Morgan fingerprint density at radius 3 is 3.04 bits per heavy atom. The van der Waals surface area contributed by atoms with Crippen molar-refractivity contribution in [2.75, 3.05) is 23.3 Å². The van der Waals surface area contributed by atoms with E-state index in [1.807, 2.05) is 13.0 Å². The van der Waals surface area contributed by atoms with Crippen LogP contribution in [0, 0.1) is 6.92 Å². The van der Waals surface area contributed by atoms with Gasteiger partial charge in [0.1, 0.15) is 17.5 Å². The van der Waals surface area contributed by atoms with Gasteiger partial charge in [-0.2, -0.15) is 5.10 Å². The number of fused-ring (bicyclic) bond motifs is 1. The molecule has 8 nitrogen and oxygen atoms in total. The second-order valence-corrected chi connectivity index (χ2v) is 6.52. The van der Waals surface area contributed by atoms with Crippen LogP contribution >= 0.6 is 0 Å². The van der Waals surface area contributed by atoms with Crippen molar-refractivity contribution >= 4 is 22.5 Å². The molecule has 1 fully saturated rings. The minimum atomic E-state index is -0.183. The summed E-state index contributed by atoms with van der Waals surface area (Å²) in [5.74, 6) is 2.36. The van der Waals surface area contributed by atoms with Crippen LogP contribution in [0.5, 0.6) is 0 Å². The molecule has 0 aromatic carbocycles. The van der Waals surface area contributed by atoms with E-state index in [-0.39, 0.29) is 11.6 Å². The predicted molar refractivity (Wildman–Crippen MR) is 100 cm³/mol. The molecule has 2 N–H and O–H groups in total. The molecule has 8 heteroatoms. The second kappa shape index (κ2) is 7.07. The lowest BCUT2D eigenvalue weighted by Crippen LogP contribution is -2.44. The van der Waals surface area contributed by atoms with Gasteiger partial charge in [0.15, 0.2) is 0 Å². The summed E-state index contributed by atoms with van der Waals surface area (Å²) in [4.78, 5) is 26.7. The van der Waals surface area contributed by atoms with Crippen LogP contribution in [-0.4, -0.2) is 44.3 Å². The van der Waals surface area contributed by atoms with Crippen molar-refractivity contribution in [3.05, 3.63) is 46.8 Å². The van der Waals surface area contributed by atoms with Crippen LogP contribution in [0.2, 0.25) is 0 Å². The van der Waals surface area contributed by atoms with Crippen LogP contribution in [0.3, 0.4) is 0 Å². The van der Waals surface area contributed by atoms with E-state index < -0.39 is 0 Å². The highest BCUT2D eigenvalue weighted by Gasteiger charge is 2.24. The smallest absolute Gasteiger partial charge is 0.264 e. The predicted octanol–water partition coefficient (Wildman–Crippen LogP) is 1.89. The molecule has 26 heavy (non-hydrogen) atoms. The lowest BCUT2D eigenvalue weighted by molar-refractivity contribution is 0.467. The highest BCUT2D eigenvalue weighted by molar-refractivity contribution is 5.88. The van der Waals surface area contributed by atoms with Crippen LogP contribution in [-0.2, 0) is 0 Å². The molecule has 1 unspecified atom stereocenters. The van der Waals surface area contributed by atoms with Crippen molar-refractivity contribution in [2.45, 2.75) is 32.2 Å². The minimum Gasteiger partial charge on any atom is -0.367 e. The zero-order chi connectivity index (χ0) is 17.9. The quantitative estimate of drug-likeness (QED) is 0.740. The Hall–Kier alpha value is -3.03. The van der Waals surface area contributed by atoms with Gasteiger partial charge in [-0.25, -0.2) is 15.1 Å². The average Bonchev–Trinajstić information content (AvgIpc) is 2.67. The Morgan fingerprint density at radius 2 is 2.19 bits per heavy atom. The van der Waals surface area contributed by atoms with Crippen molar-refractivity contribution in [3.63, 3.8) is 0 Å². The maximum Gasteiger partial charge on any atom is 0.264 e. The highest BCUT2D eigenvalue weighted by atomic mass is 16.1. The standard InChI is InChI=1S/C18H21N7O/c1-12-21-15-11-19-8-7-14(15)18(22-12)20-10-13-4-2-3-9-25(13)16-5-6-17(26)24-23-16/h5-8,11,13H,2-4,9-10H2,1H3,(H,24,26)(H,20,21,22). The van der Waals surface area contributed by atoms with E-state index >= 15 is 0 Å². The molecule has 3 aromatic heterocycles. The Morgan fingerprint density at radius 1 is 1.27 bits per heavy atom. The van der Waals surface area contributed by atoms with E-state index in [4.69, 9.17) is 0 Å². The van der Waals surface area contributed by atoms with Gasteiger partial charge in [-0.15, -0.1) is 0 Å². The molecule has 3 aromatic rings. The summed E-state index contributed by atoms with van der Waals surface area (Å²) in [5, 5.41) is 11.2. The number of anilines is 2. The molecular weight excluding hydrogens is 330 g/mol. The van der Waals surface area contributed by atoms with Gasteiger partial charge in [-0.05, 0) is 38.3 Å². The lowest BCUT2D eigenvalue weighted by Gasteiger charge is -2.36. The summed E-state index contributed by atoms with van der Waals surface area (Å²) in [5.41, 5.74) is 0.655. The number of H-pyrrole nitrogens is 1. The van der Waals surface area contributed by atoms with Crippen molar-refractivity contribution in [1.82, 2.24) is 25.1 Å². The van der Waals surface area contributed by atoms with Crippen LogP contribution in [0.1, 0.15) is 25.1 Å². The zero-order valence-corrected chi connectivity index (χ0v) is 14.6. The first kappa shape index (κ1) is 16.4. The molecule has 0 bridgehead atoms. The first-order valence-electron chi connectivity index (χ1n) is 8.85. The van der Waals surface area contributed by atoms with Crippen molar-refractivity contribution in [3.8, 4) is 0 Å². The van der Waals surface area contributed by atoms with Gasteiger partial charge in [0.25, 0.3) is 5.56 Å². The third-order valence-electron chi connectivity index (χ3n) is 4.70. The summed E-state index contributed by atoms with van der Waals surface area (Å²) >= 11 is 0. The molecule has 4 rings (SSSR count). The third-order valence-corrected chi connectivity index (χ3v) is 4.70. The van der Waals surface area contributed by atoms with Gasteiger partial charge < -0.3 is 10.2 Å². The van der Waals surface area contributed by atoms with Gasteiger partial charge in [0, 0.05) is 36.8 Å². The van der Waals surface area contributed by atoms with Crippen LogP contribution in [0.25, 0.3) is 10.9 Å². The number of nitrogens with one attached hydrogen (secondary N) is 2. The van der Waals surface area contributed by atoms with Crippen LogP contribution in [0.4, 0.5) is 11.6 Å². The number of aromatic amines is 1. The van der Waals surface area contributed by atoms with Crippen molar-refractivity contribution in [1.29, 1.82) is 0 Å². The fraction of sp³-hybridized carbons (Fsp3) is 0.389. The van der Waals surface area contributed by atoms with Gasteiger partial charge >= 0.3 is 0 Å². The van der Waals surface area contributed by atoms with E-state index in [2.05, 4.69) is 35.4 Å². The SMILES string of the molecule is Cc1nc(NCC2CCCCN2c2ccc(=O)[nH]n2)c2ccncc2n1. The largest absolute Gasteiger partial charge is 0.367 e. The molecule has 0 radical (unpaired) electrons. The molecule has 1 aliphatic rings. The van der Waals surface area contributed by atoms with Crippen molar-refractivity contribution < 1.29 is 0 Å². The number of rotatable bonds is 4. The Bertz CT molecular complexity index is 951. The van der Waals surface area contributed by atoms with Gasteiger partial charge in [0.05, 0.1) is 11.7 Å². The molecule has 4 heterocycles. The number of aromatic nitrogens is 5. The molecule has 134 valence electrons. The Labute approximate surface area is 150 Å². The van der Waals surface area contributed by atoms with Crippen LogP contribution < -0.4 is 15.8 Å². The Kier molecular flexibility index (Phi) is 4.47. The van der Waals surface area contributed by atoms with Crippen molar-refractivity contribution in [2.24, 2.45) is 0 Å². The topological polar surface area (TPSA) is 99.7 Å². The lowest BCUT2D eigenvalue weighted by atomic mass is 10.0. The van der Waals surface area contributed by atoms with Gasteiger partial charge in [-0.1, -0.05) is 0 Å². The average molecular weight is 351 g/mol. The van der Waals surface area contributed by atoms with Gasteiger partial charge in [0.2, 0.25) is 0 Å². The molecule has 1 atom stereocenters. The van der Waals surface area contributed by atoms with E-state index in [1.165, 1.54) is 12.5 Å². The van der Waals surface area contributed by atoms with E-state index in [0.717, 1.165) is 54.3 Å². The normalized spacial score (nSPS) is 17.4. The molecule has 1 saturated heterocycles. The number of piperidine rings is 1. The second-order valence-electron chi connectivity index (χ2n) is 6.52. The summed E-state index contributed by atoms with van der Waals surface area (Å²) in [6.07, 6.45) is 6.88. The molecule has 0 aliphatic carbocycles. The first-order chi connectivity index (χ1) is 12.7. The summed E-state index contributed by atoms with van der Waals surface area (Å²) in [6, 6.07) is 5.52. The fourth-order valence-corrected chi connectivity index (χ4v) is 3.46. The maximum absolute atomic E-state index is 11.3. The minimum absolute atomic E-state index is 0.183. The molecule has 0 spiro atoms. The molecule has 0 saturated carbocycles. The monoisotopic (exact) mass is 351 g/mol. The summed E-state index contributed by atoms with van der Waals surface area (Å²) < 4.78 is 0. The number of nitrogens with zero attached hydrogens (tertiary/aromatic N) is 5. The third kappa shape index (κ3) is 3.35. The van der Waals surface area contributed by atoms with E-state index in [1.54, 1.807) is 18.5 Å². The van der Waals surface area contributed by atoms with E-state index in [9.17, 15) is 4.79 Å². The zero-order valence-electron chi connectivity index (χ0n) is 14.6.